The van der Waals surface area contributed by atoms with Gasteiger partial charge >= 0.3 is 0 Å². The second-order valence-corrected chi connectivity index (χ2v) is 3.83. The van der Waals surface area contributed by atoms with Crippen LogP contribution < -0.4 is 5.32 Å². The third kappa shape index (κ3) is 2.30. The molecule has 0 aromatic heterocycles. The number of rotatable bonds is 3. The molecule has 3 heteroatoms. The number of hydrogen-bond acceptors (Lipinski definition) is 1. The van der Waals surface area contributed by atoms with E-state index in [1.165, 1.54) is 6.92 Å². The summed E-state index contributed by atoms with van der Waals surface area (Å²) >= 11 is 0. The van der Waals surface area contributed by atoms with Gasteiger partial charge in [-0.1, -0.05) is 30.3 Å². The van der Waals surface area contributed by atoms with Gasteiger partial charge in [0.15, 0.2) is 0 Å². The van der Waals surface area contributed by atoms with Crippen LogP contribution in [0.5, 0.6) is 0 Å². The summed E-state index contributed by atoms with van der Waals surface area (Å²) in [6.07, 6.45) is -2.36. The van der Waals surface area contributed by atoms with Crippen LogP contribution in [0.3, 0.4) is 0 Å². The fourth-order valence-corrected chi connectivity index (χ4v) is 1.60. The van der Waals surface area contributed by atoms with E-state index in [0.29, 0.717) is 0 Å². The van der Waals surface area contributed by atoms with Crippen LogP contribution in [0.25, 0.3) is 10.8 Å². The van der Waals surface area contributed by atoms with E-state index in [1.54, 1.807) is 0 Å². The van der Waals surface area contributed by atoms with Crippen LogP contribution in [0, 0.1) is 0 Å². The summed E-state index contributed by atoms with van der Waals surface area (Å²) < 4.78 is 24.7. The fourth-order valence-electron chi connectivity index (χ4n) is 1.60. The molecule has 1 atom stereocenters. The second kappa shape index (κ2) is 4.47. The first-order valence-electron chi connectivity index (χ1n) is 5.20. The maximum absolute atomic E-state index is 12.4. The maximum Gasteiger partial charge on any atom is 0.258 e. The van der Waals surface area contributed by atoms with Crippen LogP contribution in [-0.2, 0) is 0 Å². The quantitative estimate of drug-likeness (QED) is 0.828. The van der Waals surface area contributed by atoms with Gasteiger partial charge in [-0.3, -0.25) is 0 Å². The molecule has 0 heterocycles. The molecule has 0 fully saturated rings. The van der Waals surface area contributed by atoms with E-state index < -0.39 is 12.5 Å². The van der Waals surface area contributed by atoms with Gasteiger partial charge in [-0.2, -0.15) is 0 Å². The van der Waals surface area contributed by atoms with Crippen molar-refractivity contribution in [3.63, 3.8) is 0 Å². The average molecular weight is 221 g/mol. The summed E-state index contributed by atoms with van der Waals surface area (Å²) in [5, 5.41) is 4.94. The van der Waals surface area contributed by atoms with Crippen LogP contribution in [0.15, 0.2) is 42.5 Å². The van der Waals surface area contributed by atoms with E-state index in [9.17, 15) is 8.78 Å². The molecule has 84 valence electrons. The monoisotopic (exact) mass is 221 g/mol. The zero-order valence-electron chi connectivity index (χ0n) is 8.95. The highest BCUT2D eigenvalue weighted by Gasteiger charge is 2.13. The van der Waals surface area contributed by atoms with Crippen molar-refractivity contribution in [3.8, 4) is 0 Å². The molecule has 2 aromatic rings. The summed E-state index contributed by atoms with van der Waals surface area (Å²) in [6, 6.07) is 12.6. The lowest BCUT2D eigenvalue weighted by Gasteiger charge is -2.14. The highest BCUT2D eigenvalue weighted by Crippen LogP contribution is 2.20. The second-order valence-electron chi connectivity index (χ2n) is 3.83. The molecule has 1 nitrogen and oxygen atoms in total. The predicted octanol–water partition coefficient (Wildman–Crippen LogP) is 3.91. The standard InChI is InChI=1S/C13H13F2N/c1-9(13(14)15)16-12-7-6-10-4-2-3-5-11(10)8-12/h2-9,13,16H,1H3. The Bertz CT molecular complexity index is 482. The first kappa shape index (κ1) is 10.9. The largest absolute Gasteiger partial charge is 0.377 e. The number of hydrogen-bond donors (Lipinski definition) is 1. The summed E-state index contributed by atoms with van der Waals surface area (Å²) in [6.45, 7) is 1.47. The van der Waals surface area contributed by atoms with E-state index in [2.05, 4.69) is 5.32 Å². The summed E-state index contributed by atoms with van der Waals surface area (Å²) in [4.78, 5) is 0. The van der Waals surface area contributed by atoms with Gasteiger partial charge in [-0.15, -0.1) is 0 Å². The van der Waals surface area contributed by atoms with Crippen LogP contribution in [0.4, 0.5) is 14.5 Å². The minimum Gasteiger partial charge on any atom is -0.377 e. The molecule has 2 aromatic carbocycles. The number of halogens is 2. The highest BCUT2D eigenvalue weighted by atomic mass is 19.3. The molecule has 0 amide bonds. The van der Waals surface area contributed by atoms with Gasteiger partial charge in [-0.25, -0.2) is 8.78 Å². The van der Waals surface area contributed by atoms with E-state index in [0.717, 1.165) is 16.5 Å². The Labute approximate surface area is 93.1 Å². The third-order valence-electron chi connectivity index (χ3n) is 2.52. The van der Waals surface area contributed by atoms with Crippen LogP contribution in [-0.4, -0.2) is 12.5 Å². The SMILES string of the molecule is CC(Nc1ccc2ccccc2c1)C(F)F. The van der Waals surface area contributed by atoms with E-state index in [-0.39, 0.29) is 0 Å². The van der Waals surface area contributed by atoms with Crippen LogP contribution >= 0.6 is 0 Å². The van der Waals surface area contributed by atoms with Gasteiger partial charge < -0.3 is 5.32 Å². The van der Waals surface area contributed by atoms with E-state index >= 15 is 0 Å². The molecule has 0 spiro atoms. The molecule has 0 bridgehead atoms. The molecular weight excluding hydrogens is 208 g/mol. The Morgan fingerprint density at radius 3 is 2.38 bits per heavy atom. The lowest BCUT2D eigenvalue weighted by atomic mass is 10.1. The number of alkyl halides is 2. The van der Waals surface area contributed by atoms with E-state index in [4.69, 9.17) is 0 Å². The summed E-state index contributed by atoms with van der Waals surface area (Å²) in [5.74, 6) is 0. The fraction of sp³-hybridized carbons (Fsp3) is 0.231. The molecule has 2 rings (SSSR count). The van der Waals surface area contributed by atoms with E-state index in [1.807, 2.05) is 42.5 Å². The Kier molecular flexibility index (Phi) is 3.04. The maximum atomic E-state index is 12.4. The van der Waals surface area contributed by atoms with Gasteiger partial charge in [0, 0.05) is 5.69 Å². The number of fused-ring (bicyclic) bond motifs is 1. The van der Waals surface area contributed by atoms with Crippen molar-refractivity contribution in [3.05, 3.63) is 42.5 Å². The van der Waals surface area contributed by atoms with Crippen molar-refractivity contribution in [2.24, 2.45) is 0 Å². The van der Waals surface area contributed by atoms with Crippen molar-refractivity contribution in [2.45, 2.75) is 19.4 Å². The van der Waals surface area contributed by atoms with Crippen LogP contribution in [0.1, 0.15) is 6.92 Å². The summed E-state index contributed by atoms with van der Waals surface area (Å²) in [7, 11) is 0. The molecule has 0 radical (unpaired) electrons. The number of benzene rings is 2. The molecule has 0 saturated carbocycles. The van der Waals surface area contributed by atoms with Crippen molar-refractivity contribution in [1.82, 2.24) is 0 Å². The smallest absolute Gasteiger partial charge is 0.258 e. The normalized spacial score (nSPS) is 13.0. The Hall–Kier alpha value is -1.64. The molecule has 0 aliphatic heterocycles. The Morgan fingerprint density at radius 1 is 1.00 bits per heavy atom. The van der Waals surface area contributed by atoms with Gasteiger partial charge in [0.25, 0.3) is 6.43 Å². The topological polar surface area (TPSA) is 12.0 Å². The molecule has 0 saturated heterocycles. The minimum absolute atomic E-state index is 0.728. The van der Waals surface area contributed by atoms with Crippen LogP contribution in [0.2, 0.25) is 0 Å². The van der Waals surface area contributed by atoms with Crippen molar-refractivity contribution in [1.29, 1.82) is 0 Å². The minimum atomic E-state index is -2.36. The lowest BCUT2D eigenvalue weighted by molar-refractivity contribution is 0.131. The van der Waals surface area contributed by atoms with Crippen molar-refractivity contribution < 1.29 is 8.78 Å². The Balaban J connectivity index is 2.26. The molecule has 1 N–H and O–H groups in total. The molecule has 1 unspecified atom stereocenters. The van der Waals surface area contributed by atoms with Crippen molar-refractivity contribution >= 4 is 16.5 Å². The molecule has 0 aliphatic carbocycles. The van der Waals surface area contributed by atoms with Gasteiger partial charge in [0.1, 0.15) is 0 Å². The summed E-state index contributed by atoms with van der Waals surface area (Å²) in [5.41, 5.74) is 0.728. The van der Waals surface area contributed by atoms with Gasteiger partial charge in [-0.05, 0) is 29.8 Å². The number of nitrogens with one attached hydrogen (secondary N) is 1. The first-order chi connectivity index (χ1) is 7.66. The molecular formula is C13H13F2N. The lowest BCUT2D eigenvalue weighted by Crippen LogP contribution is -2.23. The first-order valence-corrected chi connectivity index (χ1v) is 5.20. The average Bonchev–Trinajstić information content (AvgIpc) is 2.28. The molecule has 0 aliphatic rings. The highest BCUT2D eigenvalue weighted by molar-refractivity contribution is 5.85. The molecule has 16 heavy (non-hydrogen) atoms. The van der Waals surface area contributed by atoms with Gasteiger partial charge in [0.05, 0.1) is 6.04 Å². The Morgan fingerprint density at radius 2 is 1.69 bits per heavy atom. The van der Waals surface area contributed by atoms with Crippen molar-refractivity contribution in [2.75, 3.05) is 5.32 Å². The number of anilines is 1. The third-order valence-corrected chi connectivity index (χ3v) is 2.52. The zero-order chi connectivity index (χ0) is 11.5. The van der Waals surface area contributed by atoms with Gasteiger partial charge in [0.2, 0.25) is 0 Å². The zero-order valence-corrected chi connectivity index (χ0v) is 8.95. The predicted molar refractivity (Wildman–Crippen MR) is 63.0 cm³/mol.